The van der Waals surface area contributed by atoms with Crippen molar-refractivity contribution >= 4 is 23.9 Å². The predicted molar refractivity (Wildman–Crippen MR) is 111 cm³/mol. The molecule has 0 aliphatic rings. The molecule has 0 spiro atoms. The molecule has 0 aromatic rings. The molecule has 0 heterocycles. The summed E-state index contributed by atoms with van der Waals surface area (Å²) in [5, 5.41) is 2.38. The van der Waals surface area contributed by atoms with Gasteiger partial charge in [0.1, 0.15) is 24.2 Å². The SMILES string of the molecule is CC(C)C.COC(=O)CNC(=O)[C@@H](C)N(C)C(=O)C(C)N(C)C(=O)OC(C)(C)C. The molecule has 1 N–H and O–H groups in total. The lowest BCUT2D eigenvalue weighted by molar-refractivity contribution is -0.144. The quantitative estimate of drug-likeness (QED) is 0.663. The van der Waals surface area contributed by atoms with Crippen molar-refractivity contribution in [1.29, 1.82) is 0 Å². The zero-order valence-corrected chi connectivity index (χ0v) is 19.8. The monoisotopic (exact) mass is 417 g/mol. The molecule has 2 atom stereocenters. The highest BCUT2D eigenvalue weighted by atomic mass is 16.6. The van der Waals surface area contributed by atoms with Crippen LogP contribution in [0.25, 0.3) is 0 Å². The number of likely N-dealkylation sites (N-methyl/N-ethyl adjacent to an activating group) is 2. The number of carbonyl (C=O) groups is 4. The number of amides is 3. The summed E-state index contributed by atoms with van der Waals surface area (Å²) in [6, 6.07) is -1.65. The molecule has 29 heavy (non-hydrogen) atoms. The molecule has 0 aliphatic heterocycles. The predicted octanol–water partition coefficient (Wildman–Crippen LogP) is 2.04. The number of methoxy groups -OCH3 is 1. The van der Waals surface area contributed by atoms with Gasteiger partial charge in [-0.1, -0.05) is 20.8 Å². The van der Waals surface area contributed by atoms with E-state index >= 15 is 0 Å². The Kier molecular flexibility index (Phi) is 13.0. The average Bonchev–Trinajstić information content (AvgIpc) is 2.60. The van der Waals surface area contributed by atoms with Crippen molar-refractivity contribution in [2.45, 2.75) is 73.1 Å². The summed E-state index contributed by atoms with van der Waals surface area (Å²) in [4.78, 5) is 50.0. The Hall–Kier alpha value is -2.32. The van der Waals surface area contributed by atoms with Gasteiger partial charge in [0.2, 0.25) is 11.8 Å². The Labute approximate surface area is 175 Å². The topological polar surface area (TPSA) is 105 Å². The normalized spacial score (nSPS) is 12.7. The zero-order valence-electron chi connectivity index (χ0n) is 19.8. The van der Waals surface area contributed by atoms with Crippen molar-refractivity contribution in [2.75, 3.05) is 27.7 Å². The van der Waals surface area contributed by atoms with E-state index in [-0.39, 0.29) is 6.54 Å². The molecule has 0 rings (SSSR count). The molecule has 0 aromatic carbocycles. The summed E-state index contributed by atoms with van der Waals surface area (Å²) >= 11 is 0. The number of nitrogens with zero attached hydrogens (tertiary/aromatic N) is 2. The van der Waals surface area contributed by atoms with E-state index < -0.39 is 41.6 Å². The molecule has 0 aliphatic carbocycles. The van der Waals surface area contributed by atoms with Gasteiger partial charge in [-0.2, -0.15) is 0 Å². The molecule has 0 fully saturated rings. The van der Waals surface area contributed by atoms with Crippen molar-refractivity contribution in [3.63, 3.8) is 0 Å². The first kappa shape index (κ1) is 28.9. The van der Waals surface area contributed by atoms with E-state index in [2.05, 4.69) is 30.8 Å². The minimum absolute atomic E-state index is 0.283. The Morgan fingerprint density at radius 1 is 0.897 bits per heavy atom. The molecule has 9 heteroatoms. The summed E-state index contributed by atoms with van der Waals surface area (Å²) in [5.74, 6) is -0.699. The van der Waals surface area contributed by atoms with Crippen molar-refractivity contribution in [2.24, 2.45) is 5.92 Å². The van der Waals surface area contributed by atoms with E-state index in [1.54, 1.807) is 27.7 Å². The lowest BCUT2D eigenvalue weighted by Gasteiger charge is -2.32. The standard InChI is InChI=1S/C16H29N3O6.C4H10/c1-10(13(21)17-9-12(20)24-8)18(6)14(22)11(2)19(7)15(23)25-16(3,4)5;1-4(2)3/h10-11H,9H2,1-8H3,(H,17,21);4H,1-3H3/t10-,11?;/m1./s1. The molecule has 9 nitrogen and oxygen atoms in total. The fraction of sp³-hybridized carbons (Fsp3) is 0.800. The second-order valence-corrected chi connectivity index (χ2v) is 8.42. The highest BCUT2D eigenvalue weighted by Crippen LogP contribution is 2.12. The third-order valence-electron chi connectivity index (χ3n) is 3.56. The molecule has 0 radical (unpaired) electrons. The maximum absolute atomic E-state index is 12.5. The average molecular weight is 418 g/mol. The van der Waals surface area contributed by atoms with Crippen LogP contribution in [-0.4, -0.2) is 79.1 Å². The Morgan fingerprint density at radius 2 is 1.34 bits per heavy atom. The zero-order chi connectivity index (χ0) is 23.5. The highest BCUT2D eigenvalue weighted by molar-refractivity contribution is 5.91. The van der Waals surface area contributed by atoms with Crippen LogP contribution in [0.15, 0.2) is 0 Å². The van der Waals surface area contributed by atoms with Gasteiger partial charge < -0.3 is 19.7 Å². The van der Waals surface area contributed by atoms with E-state index in [1.165, 1.54) is 37.9 Å². The van der Waals surface area contributed by atoms with Gasteiger partial charge in [-0.3, -0.25) is 19.3 Å². The van der Waals surface area contributed by atoms with E-state index in [9.17, 15) is 19.2 Å². The number of esters is 1. The van der Waals surface area contributed by atoms with Gasteiger partial charge in [0.05, 0.1) is 7.11 Å². The summed E-state index contributed by atoms with van der Waals surface area (Å²) in [6.45, 7) is 14.5. The minimum atomic E-state index is -0.827. The summed E-state index contributed by atoms with van der Waals surface area (Å²) < 4.78 is 9.65. The van der Waals surface area contributed by atoms with E-state index in [0.717, 1.165) is 5.92 Å². The number of rotatable bonds is 6. The third-order valence-corrected chi connectivity index (χ3v) is 3.56. The number of carbonyl (C=O) groups excluding carboxylic acids is 4. The van der Waals surface area contributed by atoms with E-state index in [4.69, 9.17) is 4.74 Å². The Morgan fingerprint density at radius 3 is 1.72 bits per heavy atom. The number of ether oxygens (including phenoxy) is 2. The molecule has 170 valence electrons. The molecule has 0 saturated heterocycles. The molecule has 0 aromatic heterocycles. The molecule has 0 bridgehead atoms. The molecule has 1 unspecified atom stereocenters. The Bertz CT molecular complexity index is 554. The summed E-state index contributed by atoms with van der Waals surface area (Å²) in [5.41, 5.74) is -0.679. The van der Waals surface area contributed by atoms with Crippen LogP contribution < -0.4 is 5.32 Å². The molecular weight excluding hydrogens is 378 g/mol. The summed E-state index contributed by atoms with van der Waals surface area (Å²) in [7, 11) is 4.11. The van der Waals surface area contributed by atoms with Gasteiger partial charge in [0, 0.05) is 14.1 Å². The van der Waals surface area contributed by atoms with Crippen LogP contribution >= 0.6 is 0 Å². The third kappa shape index (κ3) is 12.7. The van der Waals surface area contributed by atoms with E-state index in [0.29, 0.717) is 0 Å². The number of hydrogen-bond acceptors (Lipinski definition) is 6. The van der Waals surface area contributed by atoms with Crippen molar-refractivity contribution in [3.05, 3.63) is 0 Å². The molecular formula is C20H39N3O6. The lowest BCUT2D eigenvalue weighted by atomic mass is 10.2. The van der Waals surface area contributed by atoms with Crippen LogP contribution in [0.5, 0.6) is 0 Å². The van der Waals surface area contributed by atoms with E-state index in [1.807, 2.05) is 0 Å². The van der Waals surface area contributed by atoms with Crippen LogP contribution in [0.2, 0.25) is 0 Å². The first-order valence-electron chi connectivity index (χ1n) is 9.62. The second kappa shape index (κ2) is 13.0. The fourth-order valence-corrected chi connectivity index (χ4v) is 1.70. The van der Waals surface area contributed by atoms with Crippen molar-refractivity contribution < 1.29 is 28.7 Å². The number of nitrogens with one attached hydrogen (secondary N) is 1. The van der Waals surface area contributed by atoms with Crippen molar-refractivity contribution in [3.8, 4) is 0 Å². The van der Waals surface area contributed by atoms with Crippen LogP contribution in [0.4, 0.5) is 4.79 Å². The molecule has 3 amide bonds. The van der Waals surface area contributed by atoms with Gasteiger partial charge in [0.25, 0.3) is 0 Å². The maximum Gasteiger partial charge on any atom is 0.410 e. The molecule has 0 saturated carbocycles. The van der Waals surface area contributed by atoms with Gasteiger partial charge in [-0.15, -0.1) is 0 Å². The minimum Gasteiger partial charge on any atom is -0.468 e. The van der Waals surface area contributed by atoms with Crippen LogP contribution in [0.1, 0.15) is 55.4 Å². The lowest BCUT2D eigenvalue weighted by Crippen LogP contribution is -2.53. The van der Waals surface area contributed by atoms with Crippen LogP contribution in [0.3, 0.4) is 0 Å². The van der Waals surface area contributed by atoms with Gasteiger partial charge in [-0.25, -0.2) is 4.79 Å². The summed E-state index contributed by atoms with van der Waals surface area (Å²) in [6.07, 6.45) is -0.635. The second-order valence-electron chi connectivity index (χ2n) is 8.42. The first-order valence-corrected chi connectivity index (χ1v) is 9.62. The van der Waals surface area contributed by atoms with Crippen molar-refractivity contribution in [1.82, 2.24) is 15.1 Å². The fourth-order valence-electron chi connectivity index (χ4n) is 1.70. The first-order chi connectivity index (χ1) is 13.0. The van der Waals surface area contributed by atoms with Gasteiger partial charge >= 0.3 is 12.1 Å². The van der Waals surface area contributed by atoms with Crippen LogP contribution in [0, 0.1) is 5.92 Å². The van der Waals surface area contributed by atoms with Gasteiger partial charge in [-0.05, 0) is 40.5 Å². The smallest absolute Gasteiger partial charge is 0.410 e. The Balaban J connectivity index is 0. The van der Waals surface area contributed by atoms with Crippen LogP contribution in [-0.2, 0) is 23.9 Å². The van der Waals surface area contributed by atoms with Gasteiger partial charge in [0.15, 0.2) is 0 Å². The highest BCUT2D eigenvalue weighted by Gasteiger charge is 2.32. The largest absolute Gasteiger partial charge is 0.468 e. The maximum atomic E-state index is 12.5. The number of hydrogen-bond donors (Lipinski definition) is 1.